The van der Waals surface area contributed by atoms with E-state index in [1.165, 1.54) is 6.33 Å². The van der Waals surface area contributed by atoms with Crippen molar-refractivity contribution in [1.82, 2.24) is 24.8 Å². The first-order chi connectivity index (χ1) is 8.41. The van der Waals surface area contributed by atoms with Crippen molar-refractivity contribution in [1.29, 1.82) is 0 Å². The van der Waals surface area contributed by atoms with Crippen LogP contribution < -0.4 is 10.0 Å². The van der Waals surface area contributed by atoms with Gasteiger partial charge in [0.25, 0.3) is 0 Å². The van der Waals surface area contributed by atoms with Crippen LogP contribution in [-0.2, 0) is 23.6 Å². The predicted octanol–water partition coefficient (Wildman–Crippen LogP) is -0.377. The first-order valence-electron chi connectivity index (χ1n) is 5.94. The summed E-state index contributed by atoms with van der Waals surface area (Å²) in [6.45, 7) is 4.93. The van der Waals surface area contributed by atoms with Gasteiger partial charge in [0.2, 0.25) is 10.0 Å². The van der Waals surface area contributed by atoms with Crippen LogP contribution in [-0.4, -0.2) is 41.5 Å². The van der Waals surface area contributed by atoms with Crippen molar-refractivity contribution in [2.24, 2.45) is 7.05 Å². The Labute approximate surface area is 108 Å². The van der Waals surface area contributed by atoms with Crippen molar-refractivity contribution in [3.8, 4) is 0 Å². The average molecular weight is 275 g/mol. The molecule has 0 unspecified atom stereocenters. The van der Waals surface area contributed by atoms with Gasteiger partial charge in [-0.05, 0) is 13.0 Å². The Hall–Kier alpha value is -0.990. The number of nitrogens with one attached hydrogen (secondary N) is 2. The van der Waals surface area contributed by atoms with Crippen molar-refractivity contribution in [3.05, 3.63) is 12.2 Å². The molecule has 0 radical (unpaired) electrons. The van der Waals surface area contributed by atoms with Crippen LogP contribution in [0, 0.1) is 0 Å². The standard InChI is InChI=1S/C10H21N5O2S/c1-9(2)11-5-4-6-18(16,17)13-7-10-14-12-8-15(10)3/h8-9,11,13H,4-7H2,1-3H3. The molecule has 1 rings (SSSR count). The predicted molar refractivity (Wildman–Crippen MR) is 69.4 cm³/mol. The number of hydrogen-bond acceptors (Lipinski definition) is 5. The first kappa shape index (κ1) is 15.1. The molecule has 0 aliphatic rings. The first-order valence-corrected chi connectivity index (χ1v) is 7.59. The molecule has 1 aromatic heterocycles. The van der Waals surface area contributed by atoms with E-state index in [1.807, 2.05) is 13.8 Å². The van der Waals surface area contributed by atoms with Crippen LogP contribution in [0.4, 0.5) is 0 Å². The van der Waals surface area contributed by atoms with Gasteiger partial charge in [-0.3, -0.25) is 0 Å². The highest BCUT2D eigenvalue weighted by atomic mass is 32.2. The van der Waals surface area contributed by atoms with E-state index in [9.17, 15) is 8.42 Å². The van der Waals surface area contributed by atoms with Crippen molar-refractivity contribution in [3.63, 3.8) is 0 Å². The normalized spacial score (nSPS) is 12.2. The summed E-state index contributed by atoms with van der Waals surface area (Å²) < 4.78 is 27.6. The Balaban J connectivity index is 2.30. The molecule has 7 nitrogen and oxygen atoms in total. The number of aromatic nitrogens is 3. The maximum absolute atomic E-state index is 11.7. The Morgan fingerprint density at radius 3 is 2.72 bits per heavy atom. The van der Waals surface area contributed by atoms with E-state index < -0.39 is 10.0 Å². The fraction of sp³-hybridized carbons (Fsp3) is 0.800. The van der Waals surface area contributed by atoms with E-state index in [0.29, 0.717) is 24.8 Å². The molecule has 1 aromatic rings. The van der Waals surface area contributed by atoms with Crippen LogP contribution >= 0.6 is 0 Å². The number of sulfonamides is 1. The van der Waals surface area contributed by atoms with Crippen LogP contribution in [0.2, 0.25) is 0 Å². The molecule has 0 saturated heterocycles. The van der Waals surface area contributed by atoms with Gasteiger partial charge in [0.05, 0.1) is 12.3 Å². The lowest BCUT2D eigenvalue weighted by atomic mass is 10.4. The van der Waals surface area contributed by atoms with Gasteiger partial charge in [0, 0.05) is 13.1 Å². The molecule has 104 valence electrons. The molecule has 2 N–H and O–H groups in total. The number of hydrogen-bond donors (Lipinski definition) is 2. The van der Waals surface area contributed by atoms with E-state index >= 15 is 0 Å². The third kappa shape index (κ3) is 5.56. The summed E-state index contributed by atoms with van der Waals surface area (Å²) in [7, 11) is -1.47. The van der Waals surface area contributed by atoms with E-state index in [4.69, 9.17) is 0 Å². The van der Waals surface area contributed by atoms with Crippen LogP contribution in [0.1, 0.15) is 26.1 Å². The molecular formula is C10H21N5O2S. The lowest BCUT2D eigenvalue weighted by Crippen LogP contribution is -2.30. The second kappa shape index (κ2) is 6.81. The molecule has 0 fully saturated rings. The van der Waals surface area contributed by atoms with Gasteiger partial charge >= 0.3 is 0 Å². The van der Waals surface area contributed by atoms with Gasteiger partial charge in [-0.1, -0.05) is 13.8 Å². The minimum absolute atomic E-state index is 0.116. The second-order valence-corrected chi connectivity index (χ2v) is 6.39. The van der Waals surface area contributed by atoms with Gasteiger partial charge in [0.1, 0.15) is 12.2 Å². The minimum Gasteiger partial charge on any atom is -0.320 e. The molecule has 0 spiro atoms. The van der Waals surface area contributed by atoms with Crippen molar-refractivity contribution >= 4 is 10.0 Å². The summed E-state index contributed by atoms with van der Waals surface area (Å²) in [5.41, 5.74) is 0. The Morgan fingerprint density at radius 1 is 1.44 bits per heavy atom. The molecule has 0 aliphatic heterocycles. The summed E-state index contributed by atoms with van der Waals surface area (Å²) in [5.74, 6) is 0.712. The molecule has 0 saturated carbocycles. The molecule has 0 aliphatic carbocycles. The van der Waals surface area contributed by atoms with Gasteiger partial charge in [-0.25, -0.2) is 13.1 Å². The van der Waals surface area contributed by atoms with Crippen LogP contribution in [0.3, 0.4) is 0 Å². The van der Waals surface area contributed by atoms with Crippen molar-refractivity contribution < 1.29 is 8.42 Å². The van der Waals surface area contributed by atoms with Crippen LogP contribution in [0.25, 0.3) is 0 Å². The summed E-state index contributed by atoms with van der Waals surface area (Å²) in [6.07, 6.45) is 2.13. The molecule has 0 atom stereocenters. The Kier molecular flexibility index (Phi) is 5.70. The smallest absolute Gasteiger partial charge is 0.212 e. The molecular weight excluding hydrogens is 254 g/mol. The van der Waals surface area contributed by atoms with Gasteiger partial charge < -0.3 is 9.88 Å². The largest absolute Gasteiger partial charge is 0.320 e. The third-order valence-corrected chi connectivity index (χ3v) is 3.81. The molecule has 0 amide bonds. The topological polar surface area (TPSA) is 88.9 Å². The number of nitrogens with zero attached hydrogens (tertiary/aromatic N) is 3. The van der Waals surface area contributed by atoms with E-state index in [0.717, 1.165) is 0 Å². The number of rotatable bonds is 8. The van der Waals surface area contributed by atoms with Gasteiger partial charge in [-0.2, -0.15) is 0 Å². The Morgan fingerprint density at radius 2 is 2.17 bits per heavy atom. The lowest BCUT2D eigenvalue weighted by Gasteiger charge is -2.09. The molecule has 0 aromatic carbocycles. The highest BCUT2D eigenvalue weighted by Gasteiger charge is 2.11. The quantitative estimate of drug-likeness (QED) is 0.632. The van der Waals surface area contributed by atoms with Gasteiger partial charge in [0.15, 0.2) is 0 Å². The zero-order valence-electron chi connectivity index (χ0n) is 11.0. The highest BCUT2D eigenvalue weighted by Crippen LogP contribution is 1.95. The molecule has 0 bridgehead atoms. The SMILES string of the molecule is CC(C)NCCCS(=O)(=O)NCc1nncn1C. The summed E-state index contributed by atoms with van der Waals surface area (Å²) in [5, 5.41) is 10.7. The maximum atomic E-state index is 11.7. The fourth-order valence-electron chi connectivity index (χ4n) is 1.37. The van der Waals surface area contributed by atoms with Gasteiger partial charge in [-0.15, -0.1) is 10.2 Å². The summed E-state index contributed by atoms with van der Waals surface area (Å²) in [4.78, 5) is 0. The number of aryl methyl sites for hydroxylation is 1. The lowest BCUT2D eigenvalue weighted by molar-refractivity contribution is 0.558. The zero-order valence-corrected chi connectivity index (χ0v) is 11.9. The Bertz CT molecular complexity index is 455. The average Bonchev–Trinajstić information content (AvgIpc) is 2.68. The zero-order chi connectivity index (χ0) is 13.6. The van der Waals surface area contributed by atoms with Crippen molar-refractivity contribution in [2.45, 2.75) is 32.9 Å². The second-order valence-electron chi connectivity index (χ2n) is 4.46. The van der Waals surface area contributed by atoms with Crippen LogP contribution in [0.5, 0.6) is 0 Å². The minimum atomic E-state index is -3.24. The fourth-order valence-corrected chi connectivity index (χ4v) is 2.38. The van der Waals surface area contributed by atoms with E-state index in [2.05, 4.69) is 20.2 Å². The molecule has 8 heteroatoms. The molecule has 18 heavy (non-hydrogen) atoms. The summed E-state index contributed by atoms with van der Waals surface area (Å²) in [6, 6.07) is 0.374. The third-order valence-electron chi connectivity index (χ3n) is 2.40. The van der Waals surface area contributed by atoms with Crippen LogP contribution in [0.15, 0.2) is 6.33 Å². The molecule has 1 heterocycles. The maximum Gasteiger partial charge on any atom is 0.212 e. The van der Waals surface area contributed by atoms with Crippen molar-refractivity contribution in [2.75, 3.05) is 12.3 Å². The van der Waals surface area contributed by atoms with E-state index in [1.54, 1.807) is 11.6 Å². The highest BCUT2D eigenvalue weighted by molar-refractivity contribution is 7.89. The van der Waals surface area contributed by atoms with E-state index in [-0.39, 0.29) is 12.3 Å². The summed E-state index contributed by atoms with van der Waals surface area (Å²) >= 11 is 0. The monoisotopic (exact) mass is 275 g/mol.